The van der Waals surface area contributed by atoms with Crippen molar-refractivity contribution >= 4 is 23.5 Å². The Labute approximate surface area is 164 Å². The number of nitrogens with one attached hydrogen (secondary N) is 1. The topological polar surface area (TPSA) is 75.7 Å². The Morgan fingerprint density at radius 3 is 2.57 bits per heavy atom. The highest BCUT2D eigenvalue weighted by Gasteiger charge is 2.36. The van der Waals surface area contributed by atoms with Gasteiger partial charge in [-0.15, -0.1) is 0 Å². The number of nitrogens with zero attached hydrogens (tertiary/aromatic N) is 1. The van der Waals surface area contributed by atoms with E-state index in [1.165, 1.54) is 0 Å². The van der Waals surface area contributed by atoms with E-state index in [4.69, 9.17) is 4.74 Å². The largest absolute Gasteiger partial charge is 0.455 e. The summed E-state index contributed by atoms with van der Waals surface area (Å²) in [6.45, 7) is 4.29. The van der Waals surface area contributed by atoms with Gasteiger partial charge in [0.25, 0.3) is 5.91 Å². The molecule has 0 saturated carbocycles. The molecule has 28 heavy (non-hydrogen) atoms. The average Bonchev–Trinajstić information content (AvgIpc) is 3.09. The fourth-order valence-corrected chi connectivity index (χ4v) is 3.11. The zero-order chi connectivity index (χ0) is 20.1. The first kappa shape index (κ1) is 19.6. The van der Waals surface area contributed by atoms with E-state index in [1.54, 1.807) is 4.90 Å². The molecular formula is C22H24N2O4. The zero-order valence-electron chi connectivity index (χ0n) is 16.1. The van der Waals surface area contributed by atoms with Crippen molar-refractivity contribution in [2.75, 3.05) is 18.1 Å². The second-order valence-electron chi connectivity index (χ2n) is 7.04. The summed E-state index contributed by atoms with van der Waals surface area (Å²) in [6.07, 6.45) is 0.0946. The molecule has 0 aromatic heterocycles. The van der Waals surface area contributed by atoms with E-state index in [0.717, 1.165) is 22.4 Å². The highest BCUT2D eigenvalue weighted by Crippen LogP contribution is 2.27. The van der Waals surface area contributed by atoms with E-state index < -0.39 is 11.9 Å². The molecule has 1 aliphatic rings. The van der Waals surface area contributed by atoms with Gasteiger partial charge in [-0.05, 0) is 42.7 Å². The van der Waals surface area contributed by atoms with Gasteiger partial charge in [0.05, 0.1) is 5.92 Å². The highest BCUT2D eigenvalue weighted by molar-refractivity contribution is 5.99. The first-order valence-electron chi connectivity index (χ1n) is 9.29. The van der Waals surface area contributed by atoms with E-state index in [1.807, 2.05) is 62.4 Å². The number of benzene rings is 2. The minimum absolute atomic E-state index is 0.0946. The monoisotopic (exact) mass is 380 g/mol. The minimum atomic E-state index is -0.559. The predicted octanol–water partition coefficient (Wildman–Crippen LogP) is 2.52. The summed E-state index contributed by atoms with van der Waals surface area (Å²) in [7, 11) is 0. The maximum atomic E-state index is 12.3. The third-order valence-corrected chi connectivity index (χ3v) is 4.94. The third-order valence-electron chi connectivity index (χ3n) is 4.94. The second-order valence-corrected chi connectivity index (χ2v) is 7.04. The Balaban J connectivity index is 1.49. The number of anilines is 1. The smallest absolute Gasteiger partial charge is 0.311 e. The van der Waals surface area contributed by atoms with Gasteiger partial charge in [-0.25, -0.2) is 0 Å². The number of carbonyl (C=O) groups excluding carboxylic acids is 3. The molecule has 6 nitrogen and oxygen atoms in total. The van der Waals surface area contributed by atoms with Crippen molar-refractivity contribution in [3.8, 4) is 0 Å². The van der Waals surface area contributed by atoms with Crippen molar-refractivity contribution in [2.45, 2.75) is 26.8 Å². The van der Waals surface area contributed by atoms with E-state index in [0.29, 0.717) is 6.54 Å². The Hall–Kier alpha value is -3.15. The summed E-state index contributed by atoms with van der Waals surface area (Å²) in [5.41, 5.74) is 3.98. The number of aryl methyl sites for hydroxylation is 2. The van der Waals surface area contributed by atoms with Crippen LogP contribution in [0.1, 0.15) is 23.1 Å². The molecule has 1 fully saturated rings. The molecule has 2 amide bonds. The fraction of sp³-hybridized carbons (Fsp3) is 0.318. The van der Waals surface area contributed by atoms with Crippen molar-refractivity contribution in [2.24, 2.45) is 5.92 Å². The van der Waals surface area contributed by atoms with Crippen LogP contribution in [-0.4, -0.2) is 30.9 Å². The van der Waals surface area contributed by atoms with Crippen molar-refractivity contribution < 1.29 is 19.1 Å². The Bertz CT molecular complexity index is 879. The molecule has 0 aliphatic carbocycles. The van der Waals surface area contributed by atoms with Gasteiger partial charge in [0.1, 0.15) is 0 Å². The van der Waals surface area contributed by atoms with E-state index in [9.17, 15) is 14.4 Å². The number of rotatable bonds is 6. The molecule has 2 aromatic carbocycles. The summed E-state index contributed by atoms with van der Waals surface area (Å²) in [6, 6.07) is 15.3. The first-order valence-corrected chi connectivity index (χ1v) is 9.29. The maximum absolute atomic E-state index is 12.3. The molecule has 1 atom stereocenters. The van der Waals surface area contributed by atoms with Crippen molar-refractivity contribution in [1.29, 1.82) is 0 Å². The summed E-state index contributed by atoms with van der Waals surface area (Å²) >= 11 is 0. The summed E-state index contributed by atoms with van der Waals surface area (Å²) in [5.74, 6) is -1.56. The van der Waals surface area contributed by atoms with Crippen LogP contribution in [0.3, 0.4) is 0 Å². The molecule has 0 radical (unpaired) electrons. The van der Waals surface area contributed by atoms with Gasteiger partial charge in [0, 0.05) is 25.2 Å². The van der Waals surface area contributed by atoms with Gasteiger partial charge in [0.15, 0.2) is 6.61 Å². The van der Waals surface area contributed by atoms with E-state index >= 15 is 0 Å². The second kappa shape index (κ2) is 8.69. The molecule has 0 unspecified atom stereocenters. The molecular weight excluding hydrogens is 356 g/mol. The molecule has 0 bridgehead atoms. The van der Waals surface area contributed by atoms with Crippen LogP contribution in [0.25, 0.3) is 0 Å². The molecule has 3 rings (SSSR count). The van der Waals surface area contributed by atoms with Gasteiger partial charge in [-0.2, -0.15) is 0 Å². The first-order chi connectivity index (χ1) is 13.4. The third kappa shape index (κ3) is 4.76. The number of carbonyl (C=O) groups is 3. The van der Waals surface area contributed by atoms with Gasteiger partial charge in [-0.3, -0.25) is 14.4 Å². The van der Waals surface area contributed by atoms with Crippen LogP contribution in [-0.2, 0) is 25.7 Å². The zero-order valence-corrected chi connectivity index (χ0v) is 16.1. The lowest BCUT2D eigenvalue weighted by Crippen LogP contribution is -2.31. The average molecular weight is 380 g/mol. The molecule has 0 spiro atoms. The van der Waals surface area contributed by atoms with E-state index in [-0.39, 0.29) is 31.4 Å². The number of amides is 2. The van der Waals surface area contributed by atoms with Crippen LogP contribution < -0.4 is 10.2 Å². The Kier molecular flexibility index (Phi) is 6.09. The maximum Gasteiger partial charge on any atom is 0.311 e. The molecule has 1 aliphatic heterocycles. The van der Waals surface area contributed by atoms with Crippen LogP contribution in [0, 0.1) is 19.8 Å². The molecule has 6 heteroatoms. The van der Waals surface area contributed by atoms with Crippen molar-refractivity contribution in [3.63, 3.8) is 0 Å². The fourth-order valence-electron chi connectivity index (χ4n) is 3.11. The van der Waals surface area contributed by atoms with Gasteiger partial charge < -0.3 is 15.0 Å². The standard InChI is InChI=1S/C22H24N2O4/c1-15-8-9-19(10-16(15)2)24-13-18(11-21(24)26)22(27)28-14-20(25)23-12-17-6-4-3-5-7-17/h3-10,18H,11-14H2,1-2H3,(H,23,25)/t18-/m0/s1. The number of hydrogen-bond acceptors (Lipinski definition) is 4. The van der Waals surface area contributed by atoms with Gasteiger partial charge >= 0.3 is 5.97 Å². The lowest BCUT2D eigenvalue weighted by atomic mass is 10.1. The Morgan fingerprint density at radius 1 is 1.11 bits per heavy atom. The molecule has 1 saturated heterocycles. The summed E-state index contributed by atoms with van der Waals surface area (Å²) in [5, 5.41) is 2.71. The SMILES string of the molecule is Cc1ccc(N2C[C@@H](C(=O)OCC(=O)NCc3ccccc3)CC2=O)cc1C. The van der Waals surface area contributed by atoms with Crippen LogP contribution in [0.2, 0.25) is 0 Å². The van der Waals surface area contributed by atoms with Crippen molar-refractivity contribution in [3.05, 3.63) is 65.2 Å². The number of hydrogen-bond donors (Lipinski definition) is 1. The van der Waals surface area contributed by atoms with Crippen LogP contribution in [0.5, 0.6) is 0 Å². The molecule has 1 heterocycles. The molecule has 146 valence electrons. The van der Waals surface area contributed by atoms with E-state index in [2.05, 4.69) is 5.32 Å². The predicted molar refractivity (Wildman–Crippen MR) is 106 cm³/mol. The lowest BCUT2D eigenvalue weighted by molar-refractivity contribution is -0.152. The quantitative estimate of drug-likeness (QED) is 0.782. The van der Waals surface area contributed by atoms with Gasteiger partial charge in [-0.1, -0.05) is 36.4 Å². The normalized spacial score (nSPS) is 16.1. The Morgan fingerprint density at radius 2 is 1.86 bits per heavy atom. The minimum Gasteiger partial charge on any atom is -0.455 e. The summed E-state index contributed by atoms with van der Waals surface area (Å²) < 4.78 is 5.12. The molecule has 2 aromatic rings. The highest BCUT2D eigenvalue weighted by atomic mass is 16.5. The van der Waals surface area contributed by atoms with Crippen molar-refractivity contribution in [1.82, 2.24) is 5.32 Å². The summed E-state index contributed by atoms with van der Waals surface area (Å²) in [4.78, 5) is 38.1. The molecule has 1 N–H and O–H groups in total. The van der Waals surface area contributed by atoms with Crippen LogP contribution in [0.4, 0.5) is 5.69 Å². The lowest BCUT2D eigenvalue weighted by Gasteiger charge is -2.17. The van der Waals surface area contributed by atoms with Crippen LogP contribution in [0.15, 0.2) is 48.5 Å². The van der Waals surface area contributed by atoms with Crippen LogP contribution >= 0.6 is 0 Å². The number of esters is 1. The van der Waals surface area contributed by atoms with Gasteiger partial charge in [0.2, 0.25) is 5.91 Å². The number of ether oxygens (including phenoxy) is 1.